The fourth-order valence-electron chi connectivity index (χ4n) is 3.03. The molecule has 1 N–H and O–H groups in total. The van der Waals surface area contributed by atoms with E-state index in [1.807, 2.05) is 4.52 Å². The Labute approximate surface area is 123 Å². The van der Waals surface area contributed by atoms with Gasteiger partial charge in [-0.2, -0.15) is 14.6 Å². The fraction of sp³-hybridized carbons (Fsp3) is 0.312. The van der Waals surface area contributed by atoms with E-state index in [9.17, 15) is 0 Å². The van der Waals surface area contributed by atoms with E-state index in [1.54, 1.807) is 6.33 Å². The second-order valence-electron chi connectivity index (χ2n) is 5.65. The van der Waals surface area contributed by atoms with Crippen molar-refractivity contribution in [3.8, 4) is 0 Å². The SMILES string of the molecule is Cc1ccc(Nc2c3c(nc4ncnn24)CCC3)c(C)c1. The molecular formula is C16H17N5. The number of nitrogens with zero attached hydrogens (tertiary/aromatic N) is 4. The van der Waals surface area contributed by atoms with Gasteiger partial charge in [-0.15, -0.1) is 0 Å². The smallest absolute Gasteiger partial charge is 0.254 e. The van der Waals surface area contributed by atoms with Gasteiger partial charge in [0.2, 0.25) is 0 Å². The highest BCUT2D eigenvalue weighted by molar-refractivity contribution is 5.66. The molecule has 0 atom stereocenters. The zero-order chi connectivity index (χ0) is 14.4. The van der Waals surface area contributed by atoms with Crippen LogP contribution in [0.4, 0.5) is 11.5 Å². The van der Waals surface area contributed by atoms with Crippen LogP contribution in [-0.2, 0) is 12.8 Å². The van der Waals surface area contributed by atoms with E-state index in [0.29, 0.717) is 5.78 Å². The number of aryl methyl sites for hydroxylation is 3. The van der Waals surface area contributed by atoms with Crippen LogP contribution in [0.2, 0.25) is 0 Å². The molecule has 1 aromatic carbocycles. The van der Waals surface area contributed by atoms with Crippen LogP contribution in [0.25, 0.3) is 5.78 Å². The minimum atomic E-state index is 0.669. The van der Waals surface area contributed by atoms with Gasteiger partial charge in [0.25, 0.3) is 5.78 Å². The highest BCUT2D eigenvalue weighted by atomic mass is 15.4. The summed E-state index contributed by atoms with van der Waals surface area (Å²) in [5, 5.41) is 7.87. The third-order valence-electron chi connectivity index (χ3n) is 4.09. The fourth-order valence-corrected chi connectivity index (χ4v) is 3.03. The number of anilines is 2. The molecule has 0 radical (unpaired) electrons. The zero-order valence-corrected chi connectivity index (χ0v) is 12.2. The summed E-state index contributed by atoms with van der Waals surface area (Å²) in [6.45, 7) is 4.23. The monoisotopic (exact) mass is 279 g/mol. The van der Waals surface area contributed by atoms with Gasteiger partial charge in [-0.25, -0.2) is 4.98 Å². The Morgan fingerprint density at radius 3 is 2.95 bits per heavy atom. The molecule has 2 heterocycles. The molecule has 0 bridgehead atoms. The van der Waals surface area contributed by atoms with Gasteiger partial charge in [-0.3, -0.25) is 0 Å². The number of aromatic nitrogens is 4. The number of hydrogen-bond acceptors (Lipinski definition) is 4. The highest BCUT2D eigenvalue weighted by Gasteiger charge is 2.21. The van der Waals surface area contributed by atoms with Crippen LogP contribution < -0.4 is 5.32 Å². The Kier molecular flexibility index (Phi) is 2.67. The molecule has 0 saturated heterocycles. The van der Waals surface area contributed by atoms with Crippen molar-refractivity contribution in [3.05, 3.63) is 46.9 Å². The van der Waals surface area contributed by atoms with Gasteiger partial charge in [0.15, 0.2) is 0 Å². The lowest BCUT2D eigenvalue weighted by molar-refractivity contribution is 0.900. The number of hydrogen-bond donors (Lipinski definition) is 1. The average Bonchev–Trinajstić information content (AvgIpc) is 3.09. The quantitative estimate of drug-likeness (QED) is 0.783. The molecular weight excluding hydrogens is 262 g/mol. The molecule has 5 heteroatoms. The molecule has 0 saturated carbocycles. The Hall–Kier alpha value is -2.43. The highest BCUT2D eigenvalue weighted by Crippen LogP contribution is 2.31. The van der Waals surface area contributed by atoms with Crippen molar-refractivity contribution in [1.82, 2.24) is 19.6 Å². The van der Waals surface area contributed by atoms with Gasteiger partial charge in [0.05, 0.1) is 5.69 Å². The van der Waals surface area contributed by atoms with Crippen LogP contribution in [0, 0.1) is 13.8 Å². The topological polar surface area (TPSA) is 55.1 Å². The van der Waals surface area contributed by atoms with Crippen molar-refractivity contribution >= 4 is 17.3 Å². The summed E-state index contributed by atoms with van der Waals surface area (Å²) in [5.74, 6) is 1.68. The summed E-state index contributed by atoms with van der Waals surface area (Å²) >= 11 is 0. The average molecular weight is 279 g/mol. The zero-order valence-electron chi connectivity index (χ0n) is 12.2. The van der Waals surface area contributed by atoms with E-state index in [1.165, 1.54) is 16.7 Å². The van der Waals surface area contributed by atoms with Crippen molar-refractivity contribution in [2.75, 3.05) is 5.32 Å². The maximum absolute atomic E-state index is 4.60. The van der Waals surface area contributed by atoms with Crippen molar-refractivity contribution in [2.24, 2.45) is 0 Å². The molecule has 4 rings (SSSR count). The Balaban J connectivity index is 1.88. The second-order valence-corrected chi connectivity index (χ2v) is 5.65. The maximum atomic E-state index is 4.60. The Bertz CT molecular complexity index is 834. The summed E-state index contributed by atoms with van der Waals surface area (Å²) in [7, 11) is 0. The third kappa shape index (κ3) is 1.96. The first-order valence-electron chi connectivity index (χ1n) is 7.28. The summed E-state index contributed by atoms with van der Waals surface area (Å²) < 4.78 is 1.81. The van der Waals surface area contributed by atoms with Crippen LogP contribution in [0.1, 0.15) is 28.8 Å². The summed E-state index contributed by atoms with van der Waals surface area (Å²) in [6, 6.07) is 6.42. The standard InChI is InChI=1S/C16H17N5/c1-10-6-7-13(11(2)8-10)19-15-12-4-3-5-14(12)20-16-17-9-18-21(15)16/h6-9,19H,3-5H2,1-2H3. The van der Waals surface area contributed by atoms with Crippen molar-refractivity contribution in [1.29, 1.82) is 0 Å². The maximum Gasteiger partial charge on any atom is 0.254 e. The molecule has 0 amide bonds. The Morgan fingerprint density at radius 2 is 2.10 bits per heavy atom. The van der Waals surface area contributed by atoms with Gasteiger partial charge in [0.1, 0.15) is 12.1 Å². The lowest BCUT2D eigenvalue weighted by Gasteiger charge is -2.14. The summed E-state index contributed by atoms with van der Waals surface area (Å²) in [6.07, 6.45) is 4.79. The van der Waals surface area contributed by atoms with Gasteiger partial charge < -0.3 is 5.32 Å². The molecule has 0 unspecified atom stereocenters. The molecule has 0 spiro atoms. The van der Waals surface area contributed by atoms with Crippen LogP contribution >= 0.6 is 0 Å². The van der Waals surface area contributed by atoms with Gasteiger partial charge in [0, 0.05) is 11.3 Å². The van der Waals surface area contributed by atoms with Crippen LogP contribution in [0.3, 0.4) is 0 Å². The summed E-state index contributed by atoms with van der Waals surface area (Å²) in [5.41, 5.74) is 6.03. The van der Waals surface area contributed by atoms with E-state index in [0.717, 1.165) is 36.5 Å². The molecule has 21 heavy (non-hydrogen) atoms. The number of fused-ring (bicyclic) bond motifs is 2. The first-order chi connectivity index (χ1) is 10.2. The number of benzene rings is 1. The molecule has 1 aliphatic rings. The largest absolute Gasteiger partial charge is 0.340 e. The minimum Gasteiger partial charge on any atom is -0.340 e. The van der Waals surface area contributed by atoms with E-state index in [4.69, 9.17) is 0 Å². The normalized spacial score (nSPS) is 13.6. The van der Waals surface area contributed by atoms with Gasteiger partial charge in [-0.05, 0) is 44.7 Å². The van der Waals surface area contributed by atoms with Gasteiger partial charge >= 0.3 is 0 Å². The molecule has 0 aliphatic heterocycles. The molecule has 106 valence electrons. The Morgan fingerprint density at radius 1 is 1.19 bits per heavy atom. The van der Waals surface area contributed by atoms with E-state index in [2.05, 4.69) is 52.4 Å². The minimum absolute atomic E-state index is 0.669. The molecule has 2 aromatic heterocycles. The van der Waals surface area contributed by atoms with Crippen molar-refractivity contribution in [3.63, 3.8) is 0 Å². The summed E-state index contributed by atoms with van der Waals surface area (Å²) in [4.78, 5) is 8.84. The number of nitrogens with one attached hydrogen (secondary N) is 1. The van der Waals surface area contributed by atoms with Crippen LogP contribution in [0.15, 0.2) is 24.5 Å². The van der Waals surface area contributed by atoms with E-state index < -0.39 is 0 Å². The number of rotatable bonds is 2. The molecule has 5 nitrogen and oxygen atoms in total. The van der Waals surface area contributed by atoms with Crippen molar-refractivity contribution < 1.29 is 0 Å². The van der Waals surface area contributed by atoms with Crippen LogP contribution in [0.5, 0.6) is 0 Å². The molecule has 3 aromatic rings. The van der Waals surface area contributed by atoms with E-state index in [-0.39, 0.29) is 0 Å². The molecule has 1 aliphatic carbocycles. The lowest BCUT2D eigenvalue weighted by atomic mass is 10.1. The van der Waals surface area contributed by atoms with Gasteiger partial charge in [-0.1, -0.05) is 17.7 Å². The predicted molar refractivity (Wildman–Crippen MR) is 82.0 cm³/mol. The van der Waals surface area contributed by atoms with Crippen molar-refractivity contribution in [2.45, 2.75) is 33.1 Å². The lowest BCUT2D eigenvalue weighted by Crippen LogP contribution is -2.07. The second kappa shape index (κ2) is 4.55. The van der Waals surface area contributed by atoms with E-state index >= 15 is 0 Å². The third-order valence-corrected chi connectivity index (χ3v) is 4.09. The first kappa shape index (κ1) is 12.3. The predicted octanol–water partition coefficient (Wildman–Crippen LogP) is 2.97. The van der Waals surface area contributed by atoms with Crippen LogP contribution in [-0.4, -0.2) is 19.6 Å². The molecule has 0 fully saturated rings. The first-order valence-corrected chi connectivity index (χ1v) is 7.28.